The second-order valence-electron chi connectivity index (χ2n) is 6.38. The molecule has 0 aliphatic carbocycles. The van der Waals surface area contributed by atoms with E-state index in [2.05, 4.69) is 5.32 Å². The number of alkyl halides is 3. The fourth-order valence-corrected chi connectivity index (χ4v) is 4.52. The molecule has 10 heteroatoms. The second kappa shape index (κ2) is 8.95. The van der Waals surface area contributed by atoms with E-state index in [-0.39, 0.29) is 12.1 Å². The zero-order valence-corrected chi connectivity index (χ0v) is 15.2. The number of carbonyl (C=O) groups is 1. The maximum atomic E-state index is 13.7. The van der Waals surface area contributed by atoms with Gasteiger partial charge in [-0.25, -0.2) is 13.6 Å². The molecule has 1 aromatic carbocycles. The topological polar surface area (TPSA) is 66.4 Å². The van der Waals surface area contributed by atoms with Crippen LogP contribution in [-0.2, 0) is 9.36 Å². The molecule has 0 saturated carbocycles. The minimum absolute atomic E-state index is 0.167. The summed E-state index contributed by atoms with van der Waals surface area (Å²) in [5.41, 5.74) is 0.478. The SMILES string of the molecule is C[C@@H](NC1CCP(C)(=O)CC1)c1ccc(F)cc1F.O=C(O)C(F)(F)F. The Morgan fingerprint density at radius 3 is 2.19 bits per heavy atom. The Morgan fingerprint density at radius 2 is 1.77 bits per heavy atom. The van der Waals surface area contributed by atoms with Crippen LogP contribution in [0, 0.1) is 11.6 Å². The van der Waals surface area contributed by atoms with Gasteiger partial charge < -0.3 is 15.0 Å². The number of hydrogen-bond acceptors (Lipinski definition) is 3. The largest absolute Gasteiger partial charge is 0.490 e. The first-order valence-electron chi connectivity index (χ1n) is 7.88. The molecule has 4 nitrogen and oxygen atoms in total. The van der Waals surface area contributed by atoms with Gasteiger partial charge in [0.1, 0.15) is 11.6 Å². The molecule has 1 atom stereocenters. The Kier molecular flexibility index (Phi) is 7.77. The van der Waals surface area contributed by atoms with Crippen LogP contribution in [-0.4, -0.2) is 42.3 Å². The molecule has 2 N–H and O–H groups in total. The van der Waals surface area contributed by atoms with E-state index in [1.165, 1.54) is 12.1 Å². The predicted molar refractivity (Wildman–Crippen MR) is 87.9 cm³/mol. The molecule has 26 heavy (non-hydrogen) atoms. The quantitative estimate of drug-likeness (QED) is 0.582. The molecule has 1 aromatic rings. The van der Waals surface area contributed by atoms with E-state index in [4.69, 9.17) is 9.90 Å². The van der Waals surface area contributed by atoms with E-state index in [1.807, 2.05) is 13.6 Å². The first-order chi connectivity index (χ1) is 11.8. The van der Waals surface area contributed by atoms with Gasteiger partial charge in [0.15, 0.2) is 0 Å². The molecule has 0 spiro atoms. The molecule has 0 amide bonds. The summed E-state index contributed by atoms with van der Waals surface area (Å²) in [6, 6.07) is 3.77. The number of carboxylic acids is 1. The third-order valence-corrected chi connectivity index (χ3v) is 6.47. The van der Waals surface area contributed by atoms with Gasteiger partial charge in [-0.3, -0.25) is 0 Å². The number of hydrogen-bond donors (Lipinski definition) is 2. The highest BCUT2D eigenvalue weighted by molar-refractivity contribution is 7.63. The molecule has 0 aromatic heterocycles. The standard InChI is InChI=1S/C14H20F2NOP.C2HF3O2/c1-10(13-4-3-11(15)9-14(13)16)17-12-5-7-19(2,18)8-6-12;3-2(4,5)1(6)7/h3-4,9-10,12,17H,5-8H2,1-2H3;(H,6,7)/t10-,12?,19?;/m1./s1. The molecule has 1 aliphatic heterocycles. The van der Waals surface area contributed by atoms with Gasteiger partial charge in [0.25, 0.3) is 0 Å². The maximum Gasteiger partial charge on any atom is 0.490 e. The number of nitrogens with one attached hydrogen (secondary N) is 1. The van der Waals surface area contributed by atoms with Crippen molar-refractivity contribution < 1.29 is 36.4 Å². The highest BCUT2D eigenvalue weighted by Gasteiger charge is 2.38. The number of rotatable bonds is 3. The maximum absolute atomic E-state index is 13.7. The fraction of sp³-hybridized carbons (Fsp3) is 0.562. The summed E-state index contributed by atoms with van der Waals surface area (Å²) in [6.45, 7) is 3.72. The van der Waals surface area contributed by atoms with Crippen molar-refractivity contribution in [1.29, 1.82) is 0 Å². The highest BCUT2D eigenvalue weighted by atomic mass is 31.2. The van der Waals surface area contributed by atoms with Gasteiger partial charge in [0, 0.05) is 36.0 Å². The second-order valence-corrected chi connectivity index (χ2v) is 9.86. The normalized spacial score (nSPS) is 24.3. The lowest BCUT2D eigenvalue weighted by atomic mass is 10.0. The van der Waals surface area contributed by atoms with Crippen molar-refractivity contribution >= 4 is 13.1 Å². The Bertz CT molecular complexity index is 668. The zero-order valence-electron chi connectivity index (χ0n) is 14.3. The van der Waals surface area contributed by atoms with Crippen LogP contribution in [0.4, 0.5) is 22.0 Å². The van der Waals surface area contributed by atoms with Crippen molar-refractivity contribution in [2.45, 2.75) is 38.0 Å². The minimum Gasteiger partial charge on any atom is -0.475 e. The van der Waals surface area contributed by atoms with E-state index < -0.39 is 30.9 Å². The number of halogens is 5. The molecule has 2 rings (SSSR count). The van der Waals surface area contributed by atoms with Crippen molar-refractivity contribution in [3.8, 4) is 0 Å². The van der Waals surface area contributed by atoms with Crippen LogP contribution in [0.15, 0.2) is 18.2 Å². The average molecular weight is 401 g/mol. The Hall–Kier alpha value is -1.47. The van der Waals surface area contributed by atoms with Gasteiger partial charge in [-0.15, -0.1) is 0 Å². The van der Waals surface area contributed by atoms with Gasteiger partial charge in [0.05, 0.1) is 7.14 Å². The third-order valence-electron chi connectivity index (χ3n) is 4.06. The molecule has 1 heterocycles. The summed E-state index contributed by atoms with van der Waals surface area (Å²) in [5, 5.41) is 10.5. The van der Waals surface area contributed by atoms with Gasteiger partial charge in [0.2, 0.25) is 0 Å². The first-order valence-corrected chi connectivity index (χ1v) is 10.4. The minimum atomic E-state index is -5.08. The molecular formula is C16H21F5NO3P. The summed E-state index contributed by atoms with van der Waals surface area (Å²) < 4.78 is 70.2. The van der Waals surface area contributed by atoms with Crippen LogP contribution in [0.3, 0.4) is 0 Å². The van der Waals surface area contributed by atoms with E-state index in [1.54, 1.807) is 0 Å². The van der Waals surface area contributed by atoms with Crippen molar-refractivity contribution in [3.05, 3.63) is 35.4 Å². The third kappa shape index (κ3) is 7.41. The molecule has 0 radical (unpaired) electrons. The fourth-order valence-electron chi connectivity index (χ4n) is 2.58. The molecular weight excluding hydrogens is 380 g/mol. The van der Waals surface area contributed by atoms with Gasteiger partial charge >= 0.3 is 12.1 Å². The lowest BCUT2D eigenvalue weighted by Gasteiger charge is -2.30. The summed E-state index contributed by atoms with van der Waals surface area (Å²) in [7, 11) is -1.92. The summed E-state index contributed by atoms with van der Waals surface area (Å²) in [5.74, 6) is -3.83. The molecule has 1 fully saturated rings. The van der Waals surface area contributed by atoms with E-state index in [0.717, 1.165) is 31.2 Å². The Morgan fingerprint density at radius 1 is 1.27 bits per heavy atom. The van der Waals surface area contributed by atoms with Gasteiger partial charge in [-0.2, -0.15) is 13.2 Å². The number of carboxylic acid groups (broad SMARTS) is 1. The highest BCUT2D eigenvalue weighted by Crippen LogP contribution is 2.46. The van der Waals surface area contributed by atoms with Crippen LogP contribution >= 0.6 is 7.14 Å². The monoisotopic (exact) mass is 401 g/mol. The smallest absolute Gasteiger partial charge is 0.475 e. The van der Waals surface area contributed by atoms with Crippen molar-refractivity contribution in [1.82, 2.24) is 5.32 Å². The Balaban J connectivity index is 0.000000412. The van der Waals surface area contributed by atoms with E-state index >= 15 is 0 Å². The lowest BCUT2D eigenvalue weighted by molar-refractivity contribution is -0.192. The van der Waals surface area contributed by atoms with Crippen molar-refractivity contribution in [2.24, 2.45) is 0 Å². The van der Waals surface area contributed by atoms with Crippen LogP contribution in [0.5, 0.6) is 0 Å². The summed E-state index contributed by atoms with van der Waals surface area (Å²) in [6.07, 6.45) is -1.85. The summed E-state index contributed by atoms with van der Waals surface area (Å²) >= 11 is 0. The zero-order chi connectivity index (χ0) is 20.1. The van der Waals surface area contributed by atoms with Crippen LogP contribution < -0.4 is 5.32 Å². The summed E-state index contributed by atoms with van der Waals surface area (Å²) in [4.78, 5) is 8.90. The lowest BCUT2D eigenvalue weighted by Crippen LogP contribution is -2.35. The van der Waals surface area contributed by atoms with E-state index in [9.17, 15) is 26.5 Å². The average Bonchev–Trinajstić information content (AvgIpc) is 2.49. The van der Waals surface area contributed by atoms with Crippen molar-refractivity contribution in [3.63, 3.8) is 0 Å². The number of benzene rings is 1. The molecule has 1 saturated heterocycles. The van der Waals surface area contributed by atoms with Crippen LogP contribution in [0.1, 0.15) is 31.4 Å². The first kappa shape index (κ1) is 22.6. The van der Waals surface area contributed by atoms with Crippen LogP contribution in [0.2, 0.25) is 0 Å². The predicted octanol–water partition coefficient (Wildman–Crippen LogP) is 4.40. The van der Waals surface area contributed by atoms with E-state index in [0.29, 0.717) is 5.56 Å². The molecule has 0 unspecified atom stereocenters. The molecule has 0 bridgehead atoms. The molecule has 1 aliphatic rings. The van der Waals surface area contributed by atoms with Crippen LogP contribution in [0.25, 0.3) is 0 Å². The van der Waals surface area contributed by atoms with Gasteiger partial charge in [-0.05, 0) is 32.5 Å². The number of aliphatic carboxylic acids is 1. The Labute approximate surface area is 148 Å². The van der Waals surface area contributed by atoms with Gasteiger partial charge in [-0.1, -0.05) is 6.07 Å². The van der Waals surface area contributed by atoms with Crippen molar-refractivity contribution in [2.75, 3.05) is 19.0 Å². The molecule has 148 valence electrons.